The van der Waals surface area contributed by atoms with E-state index in [0.717, 1.165) is 36.3 Å². The second-order valence-electron chi connectivity index (χ2n) is 4.64. The number of esters is 1. The monoisotopic (exact) mass is 234 g/mol. The predicted octanol–water partition coefficient (Wildman–Crippen LogP) is 1.91. The first-order valence-corrected chi connectivity index (χ1v) is 5.70. The van der Waals surface area contributed by atoms with Crippen LogP contribution >= 0.6 is 0 Å². The van der Waals surface area contributed by atoms with E-state index < -0.39 is 0 Å². The highest BCUT2D eigenvalue weighted by atomic mass is 16.7. The van der Waals surface area contributed by atoms with Gasteiger partial charge in [0, 0.05) is 0 Å². The van der Waals surface area contributed by atoms with Crippen LogP contribution in [0.5, 0.6) is 11.5 Å². The van der Waals surface area contributed by atoms with Gasteiger partial charge in [-0.25, -0.2) is 0 Å². The van der Waals surface area contributed by atoms with Gasteiger partial charge in [-0.1, -0.05) is 6.07 Å². The molecule has 0 amide bonds. The van der Waals surface area contributed by atoms with Crippen molar-refractivity contribution < 1.29 is 19.0 Å². The molecule has 1 aliphatic carbocycles. The Bertz CT molecular complexity index is 462. The maximum Gasteiger partial charge on any atom is 0.312 e. The van der Waals surface area contributed by atoms with E-state index in [2.05, 4.69) is 0 Å². The fraction of sp³-hybridized carbons (Fsp3) is 0.462. The molecule has 0 atom stereocenters. The Balaban J connectivity index is 1.80. The van der Waals surface area contributed by atoms with Crippen LogP contribution in [0.1, 0.15) is 18.4 Å². The van der Waals surface area contributed by atoms with Crippen molar-refractivity contribution in [1.82, 2.24) is 0 Å². The van der Waals surface area contributed by atoms with E-state index in [4.69, 9.17) is 14.2 Å². The maximum absolute atomic E-state index is 11.7. The quantitative estimate of drug-likeness (QED) is 0.749. The van der Waals surface area contributed by atoms with Gasteiger partial charge < -0.3 is 14.2 Å². The van der Waals surface area contributed by atoms with Crippen molar-refractivity contribution in [2.45, 2.75) is 19.3 Å². The molecule has 1 heterocycles. The van der Waals surface area contributed by atoms with E-state index in [0.29, 0.717) is 0 Å². The molecule has 3 rings (SSSR count). The van der Waals surface area contributed by atoms with Crippen molar-refractivity contribution in [3.8, 4) is 11.5 Å². The molecule has 0 saturated heterocycles. The van der Waals surface area contributed by atoms with Gasteiger partial charge in [-0.3, -0.25) is 4.79 Å². The van der Waals surface area contributed by atoms with Crippen LogP contribution < -0.4 is 9.47 Å². The first-order valence-electron chi connectivity index (χ1n) is 5.70. The summed E-state index contributed by atoms with van der Waals surface area (Å²) in [7, 11) is 1.45. The van der Waals surface area contributed by atoms with Crippen molar-refractivity contribution >= 4 is 5.97 Å². The Hall–Kier alpha value is -1.71. The molecule has 17 heavy (non-hydrogen) atoms. The number of carbonyl (C=O) groups excluding carboxylic acids is 1. The molecule has 0 unspecified atom stereocenters. The molecule has 4 nitrogen and oxygen atoms in total. The summed E-state index contributed by atoms with van der Waals surface area (Å²) in [5.74, 6) is 1.44. The van der Waals surface area contributed by atoms with Gasteiger partial charge in [0.25, 0.3) is 0 Å². The second kappa shape index (κ2) is 3.65. The van der Waals surface area contributed by atoms with Gasteiger partial charge in [0.1, 0.15) is 0 Å². The third-order valence-electron chi connectivity index (χ3n) is 3.45. The van der Waals surface area contributed by atoms with E-state index >= 15 is 0 Å². The van der Waals surface area contributed by atoms with E-state index in [1.54, 1.807) is 0 Å². The number of benzene rings is 1. The summed E-state index contributed by atoms with van der Waals surface area (Å²) in [5.41, 5.74) is 0.805. The summed E-state index contributed by atoms with van der Waals surface area (Å²) in [6.45, 7) is 0.279. The Morgan fingerprint density at radius 1 is 1.35 bits per heavy atom. The van der Waals surface area contributed by atoms with Crippen LogP contribution in [0.3, 0.4) is 0 Å². The minimum Gasteiger partial charge on any atom is -0.469 e. The van der Waals surface area contributed by atoms with Crippen molar-refractivity contribution in [2.75, 3.05) is 13.9 Å². The maximum atomic E-state index is 11.7. The Labute approximate surface area is 99.5 Å². The molecule has 0 aromatic heterocycles. The lowest BCUT2D eigenvalue weighted by atomic mass is 9.96. The Kier molecular flexibility index (Phi) is 2.24. The van der Waals surface area contributed by atoms with Gasteiger partial charge >= 0.3 is 5.97 Å². The van der Waals surface area contributed by atoms with Gasteiger partial charge in [0.05, 0.1) is 12.5 Å². The summed E-state index contributed by atoms with van der Waals surface area (Å²) in [4.78, 5) is 11.7. The second-order valence-corrected chi connectivity index (χ2v) is 4.64. The molecule has 0 spiro atoms. The third kappa shape index (κ3) is 1.73. The van der Waals surface area contributed by atoms with Gasteiger partial charge in [-0.15, -0.1) is 0 Å². The summed E-state index contributed by atoms with van der Waals surface area (Å²) in [6.07, 6.45) is 2.54. The molecule has 1 aromatic rings. The molecule has 90 valence electrons. The van der Waals surface area contributed by atoms with Crippen LogP contribution in [0.4, 0.5) is 0 Å². The van der Waals surface area contributed by atoms with Gasteiger partial charge in [0.2, 0.25) is 6.79 Å². The molecular formula is C13H14O4. The number of hydrogen-bond donors (Lipinski definition) is 0. The highest BCUT2D eigenvalue weighted by Gasteiger charge is 2.50. The van der Waals surface area contributed by atoms with Crippen LogP contribution in [-0.2, 0) is 16.0 Å². The van der Waals surface area contributed by atoms with E-state index in [-0.39, 0.29) is 18.2 Å². The van der Waals surface area contributed by atoms with Crippen LogP contribution in [0.15, 0.2) is 18.2 Å². The van der Waals surface area contributed by atoms with E-state index in [1.807, 2.05) is 18.2 Å². The lowest BCUT2D eigenvalue weighted by Gasteiger charge is -2.12. The molecule has 2 aliphatic rings. The first-order chi connectivity index (χ1) is 8.23. The van der Waals surface area contributed by atoms with Crippen molar-refractivity contribution in [1.29, 1.82) is 0 Å². The van der Waals surface area contributed by atoms with Crippen LogP contribution in [0.25, 0.3) is 0 Å². The molecule has 1 aromatic carbocycles. The van der Waals surface area contributed by atoms with Gasteiger partial charge in [0.15, 0.2) is 11.5 Å². The minimum atomic E-state index is -0.289. The molecule has 1 fully saturated rings. The molecule has 1 saturated carbocycles. The summed E-state index contributed by atoms with van der Waals surface area (Å²) < 4.78 is 15.4. The average Bonchev–Trinajstić information content (AvgIpc) is 2.97. The number of hydrogen-bond acceptors (Lipinski definition) is 4. The first kappa shape index (κ1) is 10.4. The van der Waals surface area contributed by atoms with E-state index in [1.165, 1.54) is 7.11 Å². The number of rotatable bonds is 3. The molecule has 4 heteroatoms. The Morgan fingerprint density at radius 2 is 2.12 bits per heavy atom. The Morgan fingerprint density at radius 3 is 2.82 bits per heavy atom. The average molecular weight is 234 g/mol. The highest BCUT2D eigenvalue weighted by molar-refractivity contribution is 5.80. The molecule has 0 bridgehead atoms. The minimum absolute atomic E-state index is 0.102. The van der Waals surface area contributed by atoms with E-state index in [9.17, 15) is 4.79 Å². The summed E-state index contributed by atoms with van der Waals surface area (Å²) in [5, 5.41) is 0. The molecular weight excluding hydrogens is 220 g/mol. The van der Waals surface area contributed by atoms with Crippen LogP contribution in [-0.4, -0.2) is 19.9 Å². The smallest absolute Gasteiger partial charge is 0.312 e. The summed E-state index contributed by atoms with van der Waals surface area (Å²) >= 11 is 0. The highest BCUT2D eigenvalue weighted by Crippen LogP contribution is 2.50. The zero-order chi connectivity index (χ0) is 11.9. The van der Waals surface area contributed by atoms with Crippen molar-refractivity contribution in [3.05, 3.63) is 23.8 Å². The van der Waals surface area contributed by atoms with Crippen molar-refractivity contribution in [3.63, 3.8) is 0 Å². The molecule has 0 radical (unpaired) electrons. The lowest BCUT2D eigenvalue weighted by molar-refractivity contribution is -0.147. The fourth-order valence-electron chi connectivity index (χ4n) is 2.26. The normalized spacial score (nSPS) is 18.9. The van der Waals surface area contributed by atoms with Gasteiger partial charge in [-0.05, 0) is 37.0 Å². The summed E-state index contributed by atoms with van der Waals surface area (Å²) in [6, 6.07) is 5.83. The lowest BCUT2D eigenvalue weighted by Crippen LogP contribution is -2.19. The molecule has 1 aliphatic heterocycles. The standard InChI is InChI=1S/C13H14O4/c1-15-12(14)13(4-5-13)7-9-2-3-10-11(6-9)17-8-16-10/h2-3,6H,4-5,7-8H2,1H3. The zero-order valence-electron chi connectivity index (χ0n) is 9.69. The zero-order valence-corrected chi connectivity index (χ0v) is 9.69. The van der Waals surface area contributed by atoms with Crippen LogP contribution in [0.2, 0.25) is 0 Å². The topological polar surface area (TPSA) is 44.8 Å². The predicted molar refractivity (Wildman–Crippen MR) is 60.0 cm³/mol. The van der Waals surface area contributed by atoms with Crippen molar-refractivity contribution in [2.24, 2.45) is 5.41 Å². The third-order valence-corrected chi connectivity index (χ3v) is 3.45. The number of ether oxygens (including phenoxy) is 3. The molecule has 0 N–H and O–H groups in total. The number of fused-ring (bicyclic) bond motifs is 1. The van der Waals surface area contributed by atoms with Crippen LogP contribution in [0, 0.1) is 5.41 Å². The largest absolute Gasteiger partial charge is 0.469 e. The van der Waals surface area contributed by atoms with Gasteiger partial charge in [-0.2, -0.15) is 0 Å². The fourth-order valence-corrected chi connectivity index (χ4v) is 2.26. The SMILES string of the molecule is COC(=O)C1(Cc2ccc3c(c2)OCO3)CC1. The number of carbonyl (C=O) groups is 1. The number of methoxy groups -OCH3 is 1.